The maximum Gasteiger partial charge on any atom is 0.189 e. The Morgan fingerprint density at radius 3 is 2.38 bits per heavy atom. The van der Waals surface area contributed by atoms with E-state index in [2.05, 4.69) is 0 Å². The molecule has 29 heavy (non-hydrogen) atoms. The van der Waals surface area contributed by atoms with Gasteiger partial charge < -0.3 is 24.8 Å². The lowest BCUT2D eigenvalue weighted by Crippen LogP contribution is -2.16. The van der Waals surface area contributed by atoms with E-state index in [-0.39, 0.29) is 11.7 Å². The zero-order valence-electron chi connectivity index (χ0n) is 17.6. The molecule has 2 N–H and O–H groups in total. The van der Waals surface area contributed by atoms with Crippen LogP contribution in [0.15, 0.2) is 35.9 Å². The molecule has 0 spiro atoms. The van der Waals surface area contributed by atoms with Crippen molar-refractivity contribution in [3.63, 3.8) is 0 Å². The highest BCUT2D eigenvalue weighted by molar-refractivity contribution is 6.12. The summed E-state index contributed by atoms with van der Waals surface area (Å²) in [5, 5.41) is 0. The zero-order chi connectivity index (χ0) is 21.1. The molecule has 3 rings (SSSR count). The first-order valence-corrected chi connectivity index (χ1v) is 9.62. The Balaban J connectivity index is 2.05. The predicted octanol–water partition coefficient (Wildman–Crippen LogP) is 4.04. The van der Waals surface area contributed by atoms with E-state index in [0.29, 0.717) is 47.3 Å². The maximum absolute atomic E-state index is 13.3. The Bertz CT molecular complexity index is 948. The molecule has 0 aliphatic carbocycles. The standard InChI is InChI=1S/C23H28N2O4/c1-14(2)17(23(26)15-6-7-18(24)19(11-15)25(3)4)10-16-12-21-22(13-20(16)27-5)29-9-8-28-21/h6-7,10-14H,8-9,24H2,1-5H3. The number of hydrogen-bond donors (Lipinski definition) is 1. The van der Waals surface area contributed by atoms with E-state index in [1.165, 1.54) is 0 Å². The molecular formula is C23H28N2O4. The summed E-state index contributed by atoms with van der Waals surface area (Å²) in [6, 6.07) is 9.02. The minimum Gasteiger partial charge on any atom is -0.496 e. The second-order valence-corrected chi connectivity index (χ2v) is 7.49. The summed E-state index contributed by atoms with van der Waals surface area (Å²) >= 11 is 0. The smallest absolute Gasteiger partial charge is 0.189 e. The van der Waals surface area contributed by atoms with Gasteiger partial charge in [0.2, 0.25) is 0 Å². The molecule has 1 aliphatic rings. The predicted molar refractivity (Wildman–Crippen MR) is 116 cm³/mol. The number of anilines is 2. The number of allylic oxidation sites excluding steroid dienone is 1. The number of ether oxygens (including phenoxy) is 3. The molecule has 0 fully saturated rings. The molecule has 0 unspecified atom stereocenters. The van der Waals surface area contributed by atoms with Crippen LogP contribution in [0.25, 0.3) is 6.08 Å². The van der Waals surface area contributed by atoms with E-state index in [0.717, 1.165) is 11.3 Å². The third-order valence-electron chi connectivity index (χ3n) is 4.86. The second-order valence-electron chi connectivity index (χ2n) is 7.49. The molecule has 0 bridgehead atoms. The Morgan fingerprint density at radius 1 is 1.14 bits per heavy atom. The number of Topliss-reactive ketones (excluding diaryl/α,β-unsaturated/α-hetero) is 1. The number of ketones is 1. The van der Waals surface area contributed by atoms with Gasteiger partial charge in [0.15, 0.2) is 17.3 Å². The minimum absolute atomic E-state index is 0.0146. The van der Waals surface area contributed by atoms with Gasteiger partial charge in [-0.1, -0.05) is 13.8 Å². The number of nitrogens with zero attached hydrogens (tertiary/aromatic N) is 1. The van der Waals surface area contributed by atoms with Crippen molar-refractivity contribution in [1.29, 1.82) is 0 Å². The van der Waals surface area contributed by atoms with E-state index in [9.17, 15) is 4.79 Å². The average Bonchev–Trinajstić information content (AvgIpc) is 2.70. The molecule has 1 aliphatic heterocycles. The molecule has 2 aromatic rings. The average molecular weight is 396 g/mol. The molecule has 0 aromatic heterocycles. The van der Waals surface area contributed by atoms with Crippen LogP contribution in [0.3, 0.4) is 0 Å². The minimum atomic E-state index is -0.0416. The summed E-state index contributed by atoms with van der Waals surface area (Å²) in [5.41, 5.74) is 9.54. The van der Waals surface area contributed by atoms with E-state index >= 15 is 0 Å². The highest BCUT2D eigenvalue weighted by Crippen LogP contribution is 2.38. The number of nitrogens with two attached hydrogens (primary N) is 1. The summed E-state index contributed by atoms with van der Waals surface area (Å²) < 4.78 is 16.8. The van der Waals surface area contributed by atoms with Crippen LogP contribution in [-0.2, 0) is 0 Å². The van der Waals surface area contributed by atoms with Crippen molar-refractivity contribution in [3.8, 4) is 17.2 Å². The molecule has 0 saturated heterocycles. The fraction of sp³-hybridized carbons (Fsp3) is 0.348. The number of nitrogen functional groups attached to an aromatic ring is 1. The Morgan fingerprint density at radius 2 is 1.79 bits per heavy atom. The van der Waals surface area contributed by atoms with Crippen molar-refractivity contribution in [3.05, 3.63) is 47.0 Å². The van der Waals surface area contributed by atoms with Gasteiger partial charge in [-0.05, 0) is 36.3 Å². The molecule has 1 heterocycles. The Labute approximate surface area is 171 Å². The lowest BCUT2D eigenvalue weighted by molar-refractivity contribution is 0.102. The van der Waals surface area contributed by atoms with Crippen LogP contribution in [0.4, 0.5) is 11.4 Å². The molecule has 6 heteroatoms. The molecule has 0 radical (unpaired) electrons. The summed E-state index contributed by atoms with van der Waals surface area (Å²) in [7, 11) is 5.40. The number of rotatable bonds is 6. The van der Waals surface area contributed by atoms with Gasteiger partial charge in [0, 0.05) is 36.9 Å². The number of methoxy groups -OCH3 is 1. The van der Waals surface area contributed by atoms with Crippen molar-refractivity contribution in [2.24, 2.45) is 5.92 Å². The number of hydrogen-bond acceptors (Lipinski definition) is 6. The van der Waals surface area contributed by atoms with Crippen LogP contribution in [0.5, 0.6) is 17.2 Å². The van der Waals surface area contributed by atoms with Crippen LogP contribution in [0.1, 0.15) is 29.8 Å². The highest BCUT2D eigenvalue weighted by atomic mass is 16.6. The van der Waals surface area contributed by atoms with E-state index in [1.54, 1.807) is 25.3 Å². The fourth-order valence-corrected chi connectivity index (χ4v) is 3.28. The third-order valence-corrected chi connectivity index (χ3v) is 4.86. The van der Waals surface area contributed by atoms with Gasteiger partial charge in [-0.3, -0.25) is 4.79 Å². The lowest BCUT2D eigenvalue weighted by Gasteiger charge is -2.21. The number of benzene rings is 2. The summed E-state index contributed by atoms with van der Waals surface area (Å²) in [6.45, 7) is 5.00. The van der Waals surface area contributed by atoms with Crippen molar-refractivity contribution >= 4 is 23.2 Å². The summed E-state index contributed by atoms with van der Waals surface area (Å²) in [5.74, 6) is 1.91. The first-order valence-electron chi connectivity index (χ1n) is 9.62. The van der Waals surface area contributed by atoms with Crippen LogP contribution in [0.2, 0.25) is 0 Å². The van der Waals surface area contributed by atoms with E-state index in [4.69, 9.17) is 19.9 Å². The lowest BCUT2D eigenvalue weighted by atomic mass is 9.91. The molecule has 154 valence electrons. The van der Waals surface area contributed by atoms with Gasteiger partial charge in [-0.2, -0.15) is 0 Å². The molecule has 2 aromatic carbocycles. The molecule has 0 atom stereocenters. The van der Waals surface area contributed by atoms with E-state index < -0.39 is 0 Å². The van der Waals surface area contributed by atoms with Gasteiger partial charge in [0.25, 0.3) is 0 Å². The number of carbonyl (C=O) groups is 1. The van der Waals surface area contributed by atoms with Crippen LogP contribution in [-0.4, -0.2) is 40.2 Å². The Hall–Kier alpha value is -3.15. The summed E-state index contributed by atoms with van der Waals surface area (Å²) in [6.07, 6.45) is 1.87. The van der Waals surface area contributed by atoms with Gasteiger partial charge in [0.05, 0.1) is 18.5 Å². The van der Waals surface area contributed by atoms with Crippen molar-refractivity contribution in [2.75, 3.05) is 45.1 Å². The molecule has 0 saturated carbocycles. The zero-order valence-corrected chi connectivity index (χ0v) is 17.6. The monoisotopic (exact) mass is 396 g/mol. The van der Waals surface area contributed by atoms with Gasteiger partial charge in [0.1, 0.15) is 19.0 Å². The second kappa shape index (κ2) is 8.47. The topological polar surface area (TPSA) is 74.0 Å². The van der Waals surface area contributed by atoms with Gasteiger partial charge >= 0.3 is 0 Å². The normalized spacial score (nSPS) is 13.4. The van der Waals surface area contributed by atoms with Crippen molar-refractivity contribution < 1.29 is 19.0 Å². The van der Waals surface area contributed by atoms with Gasteiger partial charge in [-0.15, -0.1) is 0 Å². The number of fused-ring (bicyclic) bond motifs is 1. The first-order chi connectivity index (χ1) is 13.8. The highest BCUT2D eigenvalue weighted by Gasteiger charge is 2.20. The first kappa shape index (κ1) is 20.6. The van der Waals surface area contributed by atoms with Crippen LogP contribution in [0, 0.1) is 5.92 Å². The fourth-order valence-electron chi connectivity index (χ4n) is 3.28. The molecule has 6 nitrogen and oxygen atoms in total. The van der Waals surface area contributed by atoms with Crippen LogP contribution < -0.4 is 24.8 Å². The quantitative estimate of drug-likeness (QED) is 0.451. The van der Waals surface area contributed by atoms with Gasteiger partial charge in [-0.25, -0.2) is 0 Å². The van der Waals surface area contributed by atoms with E-state index in [1.807, 2.05) is 51.1 Å². The van der Waals surface area contributed by atoms with Crippen molar-refractivity contribution in [2.45, 2.75) is 13.8 Å². The molecular weight excluding hydrogens is 368 g/mol. The third kappa shape index (κ3) is 4.31. The summed E-state index contributed by atoms with van der Waals surface area (Å²) in [4.78, 5) is 15.2. The van der Waals surface area contributed by atoms with Crippen molar-refractivity contribution in [1.82, 2.24) is 0 Å². The number of carbonyl (C=O) groups excluding carboxylic acids is 1. The Kier molecular flexibility index (Phi) is 6.01. The maximum atomic E-state index is 13.3. The SMILES string of the molecule is COc1cc2c(cc1C=C(C(=O)c1ccc(N)c(N(C)C)c1)C(C)C)OCCO2. The molecule has 0 amide bonds. The van der Waals surface area contributed by atoms with Crippen LogP contribution >= 0.6 is 0 Å². The largest absolute Gasteiger partial charge is 0.496 e.